The normalized spacial score (nSPS) is 12.4. The van der Waals surface area contributed by atoms with Gasteiger partial charge in [0.2, 0.25) is 5.91 Å². The van der Waals surface area contributed by atoms with Gasteiger partial charge in [0, 0.05) is 12.6 Å². The molecule has 27 heavy (non-hydrogen) atoms. The number of hydrogen-bond acceptors (Lipinski definition) is 5. The maximum absolute atomic E-state index is 12.5. The van der Waals surface area contributed by atoms with Crippen LogP contribution in [-0.2, 0) is 10.3 Å². The van der Waals surface area contributed by atoms with Crippen molar-refractivity contribution in [2.75, 3.05) is 6.54 Å². The second-order valence-corrected chi connectivity index (χ2v) is 7.10. The summed E-state index contributed by atoms with van der Waals surface area (Å²) in [6.07, 6.45) is 2.36. The Morgan fingerprint density at radius 3 is 2.33 bits per heavy atom. The van der Waals surface area contributed by atoms with Crippen molar-refractivity contribution < 1.29 is 9.72 Å². The van der Waals surface area contributed by atoms with E-state index in [1.54, 1.807) is 13.8 Å². The van der Waals surface area contributed by atoms with Gasteiger partial charge in [0.15, 0.2) is 0 Å². The van der Waals surface area contributed by atoms with Crippen molar-refractivity contribution in [3.8, 4) is 0 Å². The van der Waals surface area contributed by atoms with Crippen LogP contribution >= 0.6 is 12.4 Å². The van der Waals surface area contributed by atoms with Crippen LogP contribution in [0.5, 0.6) is 0 Å². The molecular formula is C18H26ClN5O3. The number of amides is 1. The molecule has 0 aliphatic carbocycles. The number of nitrogens with one attached hydrogen (secondary N) is 1. The zero-order chi connectivity index (χ0) is 19.5. The fraction of sp³-hybridized carbons (Fsp3) is 0.444. The Morgan fingerprint density at radius 1 is 1.30 bits per heavy atom. The fourth-order valence-corrected chi connectivity index (χ4v) is 2.48. The third kappa shape index (κ3) is 5.27. The van der Waals surface area contributed by atoms with Crippen molar-refractivity contribution in [1.29, 1.82) is 0 Å². The number of benzene rings is 1. The maximum atomic E-state index is 12.5. The van der Waals surface area contributed by atoms with Gasteiger partial charge in [-0.3, -0.25) is 19.6 Å². The van der Waals surface area contributed by atoms with Gasteiger partial charge in [0.1, 0.15) is 17.9 Å². The lowest BCUT2D eigenvalue weighted by Gasteiger charge is -2.25. The molecule has 1 heterocycles. The number of carbonyl (C=O) groups excluding carboxylic acids is 1. The van der Waals surface area contributed by atoms with Gasteiger partial charge in [-0.1, -0.05) is 38.1 Å². The number of aromatic nitrogens is 2. The first kappa shape index (κ1) is 22.6. The second-order valence-electron chi connectivity index (χ2n) is 7.10. The van der Waals surface area contributed by atoms with Crippen LogP contribution < -0.4 is 11.1 Å². The van der Waals surface area contributed by atoms with E-state index in [2.05, 4.69) is 24.3 Å². The van der Waals surface area contributed by atoms with E-state index in [0.717, 1.165) is 11.8 Å². The van der Waals surface area contributed by atoms with E-state index in [1.807, 2.05) is 24.3 Å². The predicted molar refractivity (Wildman–Crippen MR) is 106 cm³/mol. The molecule has 0 saturated heterocycles. The van der Waals surface area contributed by atoms with Crippen molar-refractivity contribution >= 4 is 24.0 Å². The molecule has 1 aromatic heterocycles. The lowest BCUT2D eigenvalue weighted by molar-refractivity contribution is -0.385. The zero-order valence-corrected chi connectivity index (χ0v) is 16.7. The molecule has 0 saturated carbocycles. The quantitative estimate of drug-likeness (QED) is 0.552. The smallest absolute Gasteiger partial charge is 0.307 e. The highest BCUT2D eigenvalue weighted by molar-refractivity contribution is 5.85. The van der Waals surface area contributed by atoms with Gasteiger partial charge in [-0.2, -0.15) is 5.10 Å². The van der Waals surface area contributed by atoms with Gasteiger partial charge < -0.3 is 11.1 Å². The Bertz CT molecular complexity index is 787. The summed E-state index contributed by atoms with van der Waals surface area (Å²) in [4.78, 5) is 22.8. The van der Waals surface area contributed by atoms with Gasteiger partial charge in [-0.15, -0.1) is 12.4 Å². The van der Waals surface area contributed by atoms with Crippen molar-refractivity contribution in [2.24, 2.45) is 5.73 Å². The Hall–Kier alpha value is -2.45. The van der Waals surface area contributed by atoms with E-state index < -0.39 is 10.5 Å². The summed E-state index contributed by atoms with van der Waals surface area (Å²) in [6.45, 7) is 7.78. The van der Waals surface area contributed by atoms with Crippen molar-refractivity contribution in [2.45, 2.75) is 45.2 Å². The molecule has 9 heteroatoms. The Balaban J connectivity index is 0.00000364. The van der Waals surface area contributed by atoms with Crippen LogP contribution in [0.4, 0.5) is 5.69 Å². The summed E-state index contributed by atoms with van der Waals surface area (Å²) >= 11 is 0. The summed E-state index contributed by atoms with van der Waals surface area (Å²) in [7, 11) is 0. The highest BCUT2D eigenvalue weighted by Gasteiger charge is 2.32. The van der Waals surface area contributed by atoms with E-state index in [0.29, 0.717) is 5.92 Å². The van der Waals surface area contributed by atoms with Crippen molar-refractivity contribution in [3.63, 3.8) is 0 Å². The van der Waals surface area contributed by atoms with E-state index >= 15 is 0 Å². The van der Waals surface area contributed by atoms with E-state index in [1.165, 1.54) is 16.4 Å². The second kappa shape index (κ2) is 8.96. The Morgan fingerprint density at radius 2 is 1.85 bits per heavy atom. The molecule has 1 amide bonds. The zero-order valence-electron chi connectivity index (χ0n) is 15.9. The Kier molecular flexibility index (Phi) is 7.50. The SMILES string of the molecule is CC(C)c1ccc(C(N)CNC(=O)C(C)(C)n2cc([N+](=O)[O-])cn2)cc1.Cl. The summed E-state index contributed by atoms with van der Waals surface area (Å²) in [6, 6.07) is 7.66. The van der Waals surface area contributed by atoms with Crippen LogP contribution in [0, 0.1) is 10.1 Å². The number of nitro groups is 1. The van der Waals surface area contributed by atoms with Gasteiger partial charge in [-0.25, -0.2) is 0 Å². The van der Waals surface area contributed by atoms with Crippen LogP contribution in [0.25, 0.3) is 0 Å². The first-order valence-electron chi connectivity index (χ1n) is 8.46. The van der Waals surface area contributed by atoms with Gasteiger partial charge >= 0.3 is 5.69 Å². The summed E-state index contributed by atoms with van der Waals surface area (Å²) in [5, 5.41) is 17.5. The number of rotatable bonds is 7. The van der Waals surface area contributed by atoms with Gasteiger partial charge in [0.25, 0.3) is 0 Å². The van der Waals surface area contributed by atoms with Crippen molar-refractivity contribution in [1.82, 2.24) is 15.1 Å². The summed E-state index contributed by atoms with van der Waals surface area (Å²) < 4.78 is 1.28. The van der Waals surface area contributed by atoms with Crippen LogP contribution in [0.1, 0.15) is 50.8 Å². The van der Waals surface area contributed by atoms with E-state index in [9.17, 15) is 14.9 Å². The first-order valence-corrected chi connectivity index (χ1v) is 8.46. The van der Waals surface area contributed by atoms with Crippen LogP contribution in [0.3, 0.4) is 0 Å². The molecule has 2 rings (SSSR count). The van der Waals surface area contributed by atoms with Crippen LogP contribution in [0.2, 0.25) is 0 Å². The van der Waals surface area contributed by atoms with E-state index in [-0.39, 0.29) is 36.6 Å². The fourth-order valence-electron chi connectivity index (χ4n) is 2.48. The third-order valence-electron chi connectivity index (χ3n) is 4.42. The van der Waals surface area contributed by atoms with Gasteiger partial charge in [-0.05, 0) is 30.9 Å². The number of nitrogens with two attached hydrogens (primary N) is 1. The number of hydrogen-bond donors (Lipinski definition) is 2. The number of carbonyl (C=O) groups is 1. The molecule has 1 unspecified atom stereocenters. The van der Waals surface area contributed by atoms with Crippen LogP contribution in [0.15, 0.2) is 36.7 Å². The molecule has 0 aliphatic rings. The molecule has 1 aromatic carbocycles. The highest BCUT2D eigenvalue weighted by Crippen LogP contribution is 2.20. The third-order valence-corrected chi connectivity index (χ3v) is 4.42. The lowest BCUT2D eigenvalue weighted by Crippen LogP contribution is -2.46. The number of halogens is 1. The maximum Gasteiger partial charge on any atom is 0.307 e. The molecule has 0 aliphatic heterocycles. The highest BCUT2D eigenvalue weighted by atomic mass is 35.5. The van der Waals surface area contributed by atoms with E-state index in [4.69, 9.17) is 5.73 Å². The molecule has 8 nitrogen and oxygen atoms in total. The molecular weight excluding hydrogens is 370 g/mol. The minimum atomic E-state index is -1.07. The predicted octanol–water partition coefficient (Wildman–Crippen LogP) is 2.89. The minimum absolute atomic E-state index is 0. The van der Waals surface area contributed by atoms with Crippen molar-refractivity contribution in [3.05, 3.63) is 57.9 Å². The van der Waals surface area contributed by atoms with Crippen LogP contribution in [-0.4, -0.2) is 27.2 Å². The average Bonchev–Trinajstić information content (AvgIpc) is 3.10. The molecule has 1 atom stereocenters. The molecule has 0 spiro atoms. The average molecular weight is 396 g/mol. The lowest BCUT2D eigenvalue weighted by atomic mass is 9.99. The molecule has 0 bridgehead atoms. The first-order chi connectivity index (χ1) is 12.1. The minimum Gasteiger partial charge on any atom is -0.352 e. The summed E-state index contributed by atoms with van der Waals surface area (Å²) in [5.74, 6) is 0.128. The number of nitrogens with zero attached hydrogens (tertiary/aromatic N) is 3. The molecule has 148 valence electrons. The molecule has 0 fully saturated rings. The summed E-state index contributed by atoms with van der Waals surface area (Å²) in [5.41, 5.74) is 7.10. The largest absolute Gasteiger partial charge is 0.352 e. The molecule has 0 radical (unpaired) electrons. The monoisotopic (exact) mass is 395 g/mol. The van der Waals surface area contributed by atoms with Gasteiger partial charge in [0.05, 0.1) is 4.92 Å². The Labute approximate surface area is 164 Å². The molecule has 2 aromatic rings. The standard InChI is InChI=1S/C18H25N5O3.ClH/c1-12(2)13-5-7-14(8-6-13)16(19)10-20-17(24)18(3,4)22-11-15(9-21-22)23(25)26;/h5-9,11-12,16H,10,19H2,1-4H3,(H,20,24);1H. The topological polar surface area (TPSA) is 116 Å². The molecule has 3 N–H and O–H groups in total.